The van der Waals surface area contributed by atoms with E-state index in [-0.39, 0.29) is 5.78 Å². The molecule has 1 aliphatic heterocycles. The highest BCUT2D eigenvalue weighted by molar-refractivity contribution is 5.88. The van der Waals surface area contributed by atoms with Gasteiger partial charge in [0, 0.05) is 6.20 Å². The summed E-state index contributed by atoms with van der Waals surface area (Å²) in [5.74, 6) is 0.137. The number of carbonyl (C=O) groups excluding carboxylic acids is 1. The maximum atomic E-state index is 11.4. The normalized spacial score (nSPS) is 19.2. The standard InChI is InChI=1S/C10H11NO2/c1-8(12)10(6-13-7-10)9-4-2-3-5-11-9/h2-5H,6-7H2,1H3. The molecule has 3 heteroatoms. The van der Waals surface area contributed by atoms with Crippen molar-refractivity contribution in [3.63, 3.8) is 0 Å². The lowest BCUT2D eigenvalue weighted by Crippen LogP contribution is -2.52. The van der Waals surface area contributed by atoms with Gasteiger partial charge in [0.15, 0.2) is 0 Å². The first-order valence-corrected chi connectivity index (χ1v) is 4.26. The van der Waals surface area contributed by atoms with Gasteiger partial charge in [0.05, 0.1) is 18.9 Å². The van der Waals surface area contributed by atoms with Crippen molar-refractivity contribution in [1.82, 2.24) is 4.98 Å². The minimum Gasteiger partial charge on any atom is -0.378 e. The van der Waals surface area contributed by atoms with Gasteiger partial charge in [0.1, 0.15) is 11.2 Å². The number of nitrogens with zero attached hydrogens (tertiary/aromatic N) is 1. The number of rotatable bonds is 2. The van der Waals surface area contributed by atoms with Crippen LogP contribution in [-0.4, -0.2) is 24.0 Å². The predicted molar refractivity (Wildman–Crippen MR) is 47.4 cm³/mol. The molecule has 2 heterocycles. The van der Waals surface area contributed by atoms with Crippen LogP contribution in [0.25, 0.3) is 0 Å². The molecule has 0 atom stereocenters. The Morgan fingerprint density at radius 3 is 2.69 bits per heavy atom. The predicted octanol–water partition coefficient (Wildman–Crippen LogP) is 0.939. The molecule has 2 rings (SSSR count). The monoisotopic (exact) mass is 177 g/mol. The average Bonchev–Trinajstić information content (AvgIpc) is 2.03. The lowest BCUT2D eigenvalue weighted by atomic mass is 9.78. The van der Waals surface area contributed by atoms with E-state index < -0.39 is 5.41 Å². The van der Waals surface area contributed by atoms with Crippen LogP contribution in [-0.2, 0) is 14.9 Å². The van der Waals surface area contributed by atoms with Gasteiger partial charge in [-0.3, -0.25) is 9.78 Å². The molecule has 1 saturated heterocycles. The van der Waals surface area contributed by atoms with Crippen molar-refractivity contribution in [2.45, 2.75) is 12.3 Å². The maximum Gasteiger partial charge on any atom is 0.146 e. The Kier molecular flexibility index (Phi) is 1.88. The van der Waals surface area contributed by atoms with Crippen molar-refractivity contribution in [3.8, 4) is 0 Å². The fourth-order valence-corrected chi connectivity index (χ4v) is 1.48. The topological polar surface area (TPSA) is 39.2 Å². The third-order valence-electron chi connectivity index (χ3n) is 2.53. The number of Topliss-reactive ketones (excluding diaryl/α,β-unsaturated/α-hetero) is 1. The molecule has 1 fully saturated rings. The van der Waals surface area contributed by atoms with Gasteiger partial charge in [-0.15, -0.1) is 0 Å². The van der Waals surface area contributed by atoms with E-state index in [2.05, 4.69) is 4.98 Å². The third-order valence-corrected chi connectivity index (χ3v) is 2.53. The third kappa shape index (κ3) is 1.16. The quantitative estimate of drug-likeness (QED) is 0.674. The van der Waals surface area contributed by atoms with Gasteiger partial charge in [-0.05, 0) is 19.1 Å². The highest BCUT2D eigenvalue weighted by Crippen LogP contribution is 2.31. The molecule has 68 valence electrons. The largest absolute Gasteiger partial charge is 0.378 e. The Morgan fingerprint density at radius 2 is 2.31 bits per heavy atom. The smallest absolute Gasteiger partial charge is 0.146 e. The van der Waals surface area contributed by atoms with E-state index in [4.69, 9.17) is 4.74 Å². The fourth-order valence-electron chi connectivity index (χ4n) is 1.48. The molecular weight excluding hydrogens is 166 g/mol. The Hall–Kier alpha value is -1.22. The summed E-state index contributed by atoms with van der Waals surface area (Å²) in [6.45, 7) is 2.54. The molecule has 0 saturated carbocycles. The van der Waals surface area contributed by atoms with Crippen LogP contribution in [0.15, 0.2) is 24.4 Å². The van der Waals surface area contributed by atoms with E-state index in [0.717, 1.165) is 5.69 Å². The molecule has 0 radical (unpaired) electrons. The van der Waals surface area contributed by atoms with Crippen LogP contribution < -0.4 is 0 Å². The molecule has 1 aromatic rings. The summed E-state index contributed by atoms with van der Waals surface area (Å²) in [6.07, 6.45) is 1.71. The SMILES string of the molecule is CC(=O)C1(c2ccccn2)COC1. The van der Waals surface area contributed by atoms with E-state index in [0.29, 0.717) is 13.2 Å². The highest BCUT2D eigenvalue weighted by atomic mass is 16.5. The molecule has 13 heavy (non-hydrogen) atoms. The molecule has 0 N–H and O–H groups in total. The second kappa shape index (κ2) is 2.92. The van der Waals surface area contributed by atoms with Crippen molar-refractivity contribution in [2.75, 3.05) is 13.2 Å². The number of hydrogen-bond donors (Lipinski definition) is 0. The molecule has 0 spiro atoms. The number of aromatic nitrogens is 1. The van der Waals surface area contributed by atoms with E-state index in [9.17, 15) is 4.79 Å². The van der Waals surface area contributed by atoms with Crippen LogP contribution in [0, 0.1) is 0 Å². The van der Waals surface area contributed by atoms with Crippen molar-refractivity contribution < 1.29 is 9.53 Å². The van der Waals surface area contributed by atoms with Crippen molar-refractivity contribution in [3.05, 3.63) is 30.1 Å². The van der Waals surface area contributed by atoms with E-state index in [1.165, 1.54) is 0 Å². The number of hydrogen-bond acceptors (Lipinski definition) is 3. The summed E-state index contributed by atoms with van der Waals surface area (Å²) in [5, 5.41) is 0. The zero-order chi connectivity index (χ0) is 9.31. The van der Waals surface area contributed by atoms with Gasteiger partial charge in [-0.1, -0.05) is 6.07 Å². The van der Waals surface area contributed by atoms with Crippen LogP contribution in [0.2, 0.25) is 0 Å². The summed E-state index contributed by atoms with van der Waals surface area (Å²) in [7, 11) is 0. The molecule has 3 nitrogen and oxygen atoms in total. The van der Waals surface area contributed by atoms with E-state index in [1.54, 1.807) is 13.1 Å². The Labute approximate surface area is 76.7 Å². The van der Waals surface area contributed by atoms with Crippen LogP contribution in [0.1, 0.15) is 12.6 Å². The van der Waals surface area contributed by atoms with Gasteiger partial charge in [-0.25, -0.2) is 0 Å². The second-order valence-electron chi connectivity index (χ2n) is 3.35. The van der Waals surface area contributed by atoms with Crippen molar-refractivity contribution in [1.29, 1.82) is 0 Å². The Morgan fingerprint density at radius 1 is 1.54 bits per heavy atom. The van der Waals surface area contributed by atoms with Gasteiger partial charge in [0.2, 0.25) is 0 Å². The van der Waals surface area contributed by atoms with Gasteiger partial charge in [-0.2, -0.15) is 0 Å². The van der Waals surface area contributed by atoms with Crippen molar-refractivity contribution in [2.24, 2.45) is 0 Å². The molecule has 0 unspecified atom stereocenters. The van der Waals surface area contributed by atoms with Crippen molar-refractivity contribution >= 4 is 5.78 Å². The van der Waals surface area contributed by atoms with Crippen LogP contribution in [0.4, 0.5) is 0 Å². The molecule has 1 aromatic heterocycles. The van der Waals surface area contributed by atoms with E-state index >= 15 is 0 Å². The Balaban J connectivity index is 2.38. The van der Waals surface area contributed by atoms with Gasteiger partial charge >= 0.3 is 0 Å². The highest BCUT2D eigenvalue weighted by Gasteiger charge is 2.45. The second-order valence-corrected chi connectivity index (χ2v) is 3.35. The molecule has 0 aromatic carbocycles. The number of pyridine rings is 1. The minimum atomic E-state index is -0.457. The van der Waals surface area contributed by atoms with Gasteiger partial charge < -0.3 is 4.74 Å². The zero-order valence-electron chi connectivity index (χ0n) is 7.49. The average molecular weight is 177 g/mol. The number of ether oxygens (including phenoxy) is 1. The summed E-state index contributed by atoms with van der Waals surface area (Å²) in [4.78, 5) is 15.6. The summed E-state index contributed by atoms with van der Waals surface area (Å²) in [5.41, 5.74) is 0.370. The molecule has 0 amide bonds. The fraction of sp³-hybridized carbons (Fsp3) is 0.400. The first-order valence-electron chi connectivity index (χ1n) is 4.26. The minimum absolute atomic E-state index is 0.137. The van der Waals surface area contributed by atoms with Crippen LogP contribution >= 0.6 is 0 Å². The van der Waals surface area contributed by atoms with Gasteiger partial charge in [0.25, 0.3) is 0 Å². The molecule has 1 aliphatic rings. The summed E-state index contributed by atoms with van der Waals surface area (Å²) >= 11 is 0. The van der Waals surface area contributed by atoms with E-state index in [1.807, 2.05) is 18.2 Å². The number of carbonyl (C=O) groups is 1. The summed E-state index contributed by atoms with van der Waals surface area (Å²) in [6, 6.07) is 5.62. The van der Waals surface area contributed by atoms with Crippen LogP contribution in [0.5, 0.6) is 0 Å². The number of ketones is 1. The molecular formula is C10H11NO2. The molecule has 0 bridgehead atoms. The maximum absolute atomic E-state index is 11.4. The lowest BCUT2D eigenvalue weighted by Gasteiger charge is -2.38. The van der Waals surface area contributed by atoms with Crippen LogP contribution in [0.3, 0.4) is 0 Å². The molecule has 0 aliphatic carbocycles. The zero-order valence-corrected chi connectivity index (χ0v) is 7.49. The lowest BCUT2D eigenvalue weighted by molar-refractivity contribution is -0.141. The Bertz CT molecular complexity index is 317. The summed E-state index contributed by atoms with van der Waals surface area (Å²) < 4.78 is 5.09. The first kappa shape index (κ1) is 8.38. The first-order chi connectivity index (χ1) is 6.26.